The second kappa shape index (κ2) is 7.06. The van der Waals surface area contributed by atoms with E-state index >= 15 is 0 Å². The molecule has 1 fully saturated rings. The summed E-state index contributed by atoms with van der Waals surface area (Å²) in [5.74, 6) is 0.888. The Morgan fingerprint density at radius 3 is 3.00 bits per heavy atom. The summed E-state index contributed by atoms with van der Waals surface area (Å²) in [5, 5.41) is 3.64. The predicted molar refractivity (Wildman–Crippen MR) is 85.5 cm³/mol. The molecule has 20 heavy (non-hydrogen) atoms. The van der Waals surface area contributed by atoms with Crippen molar-refractivity contribution in [3.05, 3.63) is 21.4 Å². The van der Waals surface area contributed by atoms with E-state index in [9.17, 15) is 0 Å². The van der Waals surface area contributed by atoms with Crippen LogP contribution < -0.4 is 5.32 Å². The average Bonchev–Trinajstić information content (AvgIpc) is 3.18. The molecule has 1 atom stereocenters. The van der Waals surface area contributed by atoms with Crippen LogP contribution in [0.5, 0.6) is 0 Å². The van der Waals surface area contributed by atoms with Crippen LogP contribution in [0.2, 0.25) is 0 Å². The number of thiophene rings is 1. The van der Waals surface area contributed by atoms with E-state index in [1.54, 1.807) is 10.4 Å². The third-order valence-corrected chi connectivity index (χ3v) is 5.83. The predicted octanol–water partition coefficient (Wildman–Crippen LogP) is 4.09. The number of nitrogens with one attached hydrogen (secondary N) is 1. The van der Waals surface area contributed by atoms with E-state index in [4.69, 9.17) is 4.74 Å². The van der Waals surface area contributed by atoms with E-state index in [0.29, 0.717) is 6.04 Å². The molecule has 1 aromatic rings. The van der Waals surface area contributed by atoms with Gasteiger partial charge in [0.05, 0.1) is 0 Å². The summed E-state index contributed by atoms with van der Waals surface area (Å²) in [5.41, 5.74) is 1.62. The summed E-state index contributed by atoms with van der Waals surface area (Å²) in [4.78, 5) is 3.17. The largest absolute Gasteiger partial charge is 0.381 e. The van der Waals surface area contributed by atoms with Crippen LogP contribution in [0, 0.1) is 5.92 Å². The summed E-state index contributed by atoms with van der Waals surface area (Å²) >= 11 is 2.03. The first-order valence-electron chi connectivity index (χ1n) is 8.25. The highest BCUT2D eigenvalue weighted by Crippen LogP contribution is 2.32. The molecule has 3 rings (SSSR count). The Bertz CT molecular complexity index is 401. The Kier molecular flexibility index (Phi) is 5.14. The Labute approximate surface area is 126 Å². The lowest BCUT2D eigenvalue weighted by atomic mass is 9.99. The van der Waals surface area contributed by atoms with Gasteiger partial charge in [-0.25, -0.2) is 0 Å². The van der Waals surface area contributed by atoms with Crippen LogP contribution in [0.3, 0.4) is 0 Å². The maximum atomic E-state index is 5.67. The third-order valence-electron chi connectivity index (χ3n) is 4.41. The van der Waals surface area contributed by atoms with Crippen molar-refractivity contribution < 1.29 is 4.74 Å². The second-order valence-electron chi connectivity index (χ2n) is 6.35. The molecule has 0 radical (unpaired) electrons. The van der Waals surface area contributed by atoms with E-state index in [2.05, 4.69) is 18.3 Å². The fourth-order valence-electron chi connectivity index (χ4n) is 2.85. The van der Waals surface area contributed by atoms with Crippen LogP contribution in [-0.2, 0) is 17.6 Å². The minimum atomic E-state index is 0.494. The van der Waals surface area contributed by atoms with E-state index < -0.39 is 0 Å². The van der Waals surface area contributed by atoms with Gasteiger partial charge in [-0.15, -0.1) is 11.3 Å². The molecule has 1 unspecified atom stereocenters. The van der Waals surface area contributed by atoms with Gasteiger partial charge in [0.15, 0.2) is 0 Å². The van der Waals surface area contributed by atoms with Crippen molar-refractivity contribution >= 4 is 11.3 Å². The number of fused-ring (bicyclic) bond motifs is 1. The van der Waals surface area contributed by atoms with Crippen LogP contribution >= 0.6 is 11.3 Å². The van der Waals surface area contributed by atoms with E-state index in [-0.39, 0.29) is 0 Å². The molecular weight excluding hydrogens is 266 g/mol. The van der Waals surface area contributed by atoms with Crippen molar-refractivity contribution in [2.75, 3.05) is 19.8 Å². The van der Waals surface area contributed by atoms with Crippen LogP contribution in [0.15, 0.2) is 6.07 Å². The van der Waals surface area contributed by atoms with Crippen molar-refractivity contribution in [1.29, 1.82) is 0 Å². The van der Waals surface area contributed by atoms with Gasteiger partial charge < -0.3 is 10.1 Å². The summed E-state index contributed by atoms with van der Waals surface area (Å²) in [6.07, 6.45) is 9.27. The van der Waals surface area contributed by atoms with Gasteiger partial charge in [0.2, 0.25) is 0 Å². The van der Waals surface area contributed by atoms with Gasteiger partial charge in [0.25, 0.3) is 0 Å². The smallest absolute Gasteiger partial charge is 0.0494 e. The summed E-state index contributed by atoms with van der Waals surface area (Å²) < 4.78 is 5.67. The number of hydrogen-bond acceptors (Lipinski definition) is 3. The van der Waals surface area contributed by atoms with Crippen LogP contribution in [0.4, 0.5) is 0 Å². The van der Waals surface area contributed by atoms with Crippen LogP contribution in [0.25, 0.3) is 0 Å². The zero-order valence-electron chi connectivity index (χ0n) is 12.6. The Hall–Kier alpha value is -0.380. The Morgan fingerprint density at radius 2 is 2.20 bits per heavy atom. The lowest BCUT2D eigenvalue weighted by molar-refractivity contribution is 0.121. The van der Waals surface area contributed by atoms with Gasteiger partial charge in [-0.1, -0.05) is 0 Å². The van der Waals surface area contributed by atoms with E-state index in [1.165, 1.54) is 43.4 Å². The van der Waals surface area contributed by atoms with E-state index in [0.717, 1.165) is 32.1 Å². The Morgan fingerprint density at radius 1 is 1.35 bits per heavy atom. The molecule has 2 nitrogen and oxygen atoms in total. The first kappa shape index (κ1) is 14.6. The number of ether oxygens (including phenoxy) is 1. The molecule has 0 spiro atoms. The molecule has 3 heteroatoms. The molecule has 112 valence electrons. The minimum absolute atomic E-state index is 0.494. The van der Waals surface area contributed by atoms with Crippen molar-refractivity contribution in [2.24, 2.45) is 5.92 Å². The minimum Gasteiger partial charge on any atom is -0.381 e. The zero-order chi connectivity index (χ0) is 13.8. The van der Waals surface area contributed by atoms with Crippen molar-refractivity contribution in [2.45, 2.75) is 57.9 Å². The third kappa shape index (κ3) is 4.06. The van der Waals surface area contributed by atoms with Crippen molar-refractivity contribution in [3.63, 3.8) is 0 Å². The number of aryl methyl sites for hydroxylation is 2. The average molecular weight is 293 g/mol. The maximum absolute atomic E-state index is 5.67. The molecule has 1 aromatic heterocycles. The SMILES string of the molecule is CC(NCCCOCC1CC1)c1cc2c(s1)CCCC2. The summed E-state index contributed by atoms with van der Waals surface area (Å²) in [6.45, 7) is 5.26. The van der Waals surface area contributed by atoms with E-state index in [1.807, 2.05) is 11.3 Å². The first-order chi connectivity index (χ1) is 9.83. The number of rotatable bonds is 8. The number of hydrogen-bond donors (Lipinski definition) is 1. The fraction of sp³-hybridized carbons (Fsp3) is 0.765. The highest BCUT2D eigenvalue weighted by Gasteiger charge is 2.21. The lowest BCUT2D eigenvalue weighted by Crippen LogP contribution is -2.20. The second-order valence-corrected chi connectivity index (χ2v) is 7.52. The van der Waals surface area contributed by atoms with Gasteiger partial charge in [-0.05, 0) is 76.0 Å². The molecule has 0 aromatic carbocycles. The highest BCUT2D eigenvalue weighted by atomic mass is 32.1. The molecule has 1 saturated carbocycles. The van der Waals surface area contributed by atoms with Gasteiger partial charge in [-0.3, -0.25) is 0 Å². The standard InChI is InChI=1S/C17H27NOS/c1-13(18-9-4-10-19-12-14-7-8-14)17-11-15-5-2-3-6-16(15)20-17/h11,13-14,18H,2-10,12H2,1H3. The molecular formula is C17H27NOS. The van der Waals surface area contributed by atoms with Gasteiger partial charge >= 0.3 is 0 Å². The molecule has 2 aliphatic rings. The molecule has 0 bridgehead atoms. The zero-order valence-corrected chi connectivity index (χ0v) is 13.4. The molecule has 1 N–H and O–H groups in total. The van der Waals surface area contributed by atoms with Gasteiger partial charge in [0.1, 0.15) is 0 Å². The summed E-state index contributed by atoms with van der Waals surface area (Å²) in [7, 11) is 0. The van der Waals surface area contributed by atoms with Crippen LogP contribution in [0.1, 0.15) is 60.4 Å². The molecule has 0 aliphatic heterocycles. The first-order valence-corrected chi connectivity index (χ1v) is 9.07. The molecule has 0 amide bonds. The molecule has 2 aliphatic carbocycles. The quantitative estimate of drug-likeness (QED) is 0.729. The lowest BCUT2D eigenvalue weighted by Gasteiger charge is -2.12. The maximum Gasteiger partial charge on any atom is 0.0494 e. The monoisotopic (exact) mass is 293 g/mol. The topological polar surface area (TPSA) is 21.3 Å². The van der Waals surface area contributed by atoms with Crippen molar-refractivity contribution in [3.8, 4) is 0 Å². The Balaban J connectivity index is 1.35. The fourth-order valence-corrected chi connectivity index (χ4v) is 4.14. The highest BCUT2D eigenvalue weighted by molar-refractivity contribution is 7.12. The van der Waals surface area contributed by atoms with Gasteiger partial charge in [0, 0.05) is 29.0 Å². The molecule has 0 saturated heterocycles. The summed E-state index contributed by atoms with van der Waals surface area (Å²) in [6, 6.07) is 2.94. The normalized spacial score (nSPS) is 19.9. The molecule has 1 heterocycles. The van der Waals surface area contributed by atoms with Crippen LogP contribution in [-0.4, -0.2) is 19.8 Å². The van der Waals surface area contributed by atoms with Crippen molar-refractivity contribution in [1.82, 2.24) is 5.32 Å². The van der Waals surface area contributed by atoms with Gasteiger partial charge in [-0.2, -0.15) is 0 Å².